The Balaban J connectivity index is 1.72. The van der Waals surface area contributed by atoms with E-state index >= 15 is 0 Å². The number of hydrogen-bond acceptors (Lipinski definition) is 3. The Morgan fingerprint density at radius 2 is 2.11 bits per heavy atom. The number of benzene rings is 2. The number of para-hydroxylation sites is 1. The Morgan fingerprint density at radius 1 is 1.26 bits per heavy atom. The first kappa shape index (κ1) is 12.2. The van der Waals surface area contributed by atoms with Crippen molar-refractivity contribution in [1.29, 1.82) is 0 Å². The summed E-state index contributed by atoms with van der Waals surface area (Å²) in [5.74, 6) is 1.79. The number of rotatable bonds is 3. The lowest BCUT2D eigenvalue weighted by atomic mass is 10.0. The third-order valence-corrected chi connectivity index (χ3v) is 3.45. The van der Waals surface area contributed by atoms with Crippen LogP contribution in [-0.4, -0.2) is 13.2 Å². The van der Waals surface area contributed by atoms with Gasteiger partial charge in [0, 0.05) is 16.7 Å². The van der Waals surface area contributed by atoms with Crippen LogP contribution in [0.2, 0.25) is 5.02 Å². The molecule has 0 amide bonds. The van der Waals surface area contributed by atoms with Crippen LogP contribution < -0.4 is 15.2 Å². The Hall–Kier alpha value is -1.87. The molecule has 1 aliphatic rings. The second-order valence-corrected chi connectivity index (χ2v) is 4.98. The molecule has 0 spiro atoms. The van der Waals surface area contributed by atoms with E-state index in [1.165, 1.54) is 5.56 Å². The number of halogens is 1. The molecule has 2 N–H and O–H groups in total. The maximum absolute atomic E-state index is 5.93. The smallest absolute Gasteiger partial charge is 0.143 e. The predicted molar refractivity (Wildman–Crippen MR) is 76.0 cm³/mol. The summed E-state index contributed by atoms with van der Waals surface area (Å²) >= 11 is 5.93. The van der Waals surface area contributed by atoms with E-state index in [9.17, 15) is 0 Å². The summed E-state index contributed by atoms with van der Waals surface area (Å²) in [6.07, 6.45) is 0. The highest BCUT2D eigenvalue weighted by Crippen LogP contribution is 2.34. The molecule has 0 saturated carbocycles. The molecule has 4 heteroatoms. The van der Waals surface area contributed by atoms with E-state index in [-0.39, 0.29) is 5.92 Å². The highest BCUT2D eigenvalue weighted by atomic mass is 35.5. The van der Waals surface area contributed by atoms with Crippen molar-refractivity contribution < 1.29 is 9.47 Å². The summed E-state index contributed by atoms with van der Waals surface area (Å²) in [4.78, 5) is 0. The fraction of sp³-hybridized carbons (Fsp3) is 0.200. The number of hydrogen-bond donors (Lipinski definition) is 1. The normalized spacial score (nSPS) is 16.8. The maximum Gasteiger partial charge on any atom is 0.143 e. The Bertz CT molecular complexity index is 600. The summed E-state index contributed by atoms with van der Waals surface area (Å²) in [6.45, 7) is 1.17. The van der Waals surface area contributed by atoms with E-state index in [2.05, 4.69) is 6.07 Å². The van der Waals surface area contributed by atoms with Crippen molar-refractivity contribution in [1.82, 2.24) is 0 Å². The van der Waals surface area contributed by atoms with E-state index in [4.69, 9.17) is 26.8 Å². The second-order valence-electron chi connectivity index (χ2n) is 4.54. The predicted octanol–water partition coefficient (Wildman–Crippen LogP) is 3.48. The molecular weight excluding hydrogens is 262 g/mol. The van der Waals surface area contributed by atoms with E-state index < -0.39 is 0 Å². The van der Waals surface area contributed by atoms with E-state index in [0.717, 1.165) is 5.75 Å². The van der Waals surface area contributed by atoms with Gasteiger partial charge in [0.2, 0.25) is 0 Å². The largest absolute Gasteiger partial charge is 0.493 e. The molecule has 0 saturated heterocycles. The molecule has 0 radical (unpaired) electrons. The molecular formula is C15H14ClNO2. The van der Waals surface area contributed by atoms with Gasteiger partial charge in [0.15, 0.2) is 0 Å². The Labute approximate surface area is 116 Å². The van der Waals surface area contributed by atoms with Gasteiger partial charge in [-0.05, 0) is 18.2 Å². The molecule has 0 fully saturated rings. The molecule has 1 atom stereocenters. The van der Waals surface area contributed by atoms with Gasteiger partial charge in [-0.1, -0.05) is 29.8 Å². The number of ether oxygens (including phenoxy) is 2. The van der Waals surface area contributed by atoms with Crippen molar-refractivity contribution in [2.45, 2.75) is 5.92 Å². The average Bonchev–Trinajstić information content (AvgIpc) is 2.83. The van der Waals surface area contributed by atoms with Crippen molar-refractivity contribution in [2.24, 2.45) is 0 Å². The average molecular weight is 276 g/mol. The van der Waals surface area contributed by atoms with Crippen molar-refractivity contribution in [3.63, 3.8) is 0 Å². The minimum absolute atomic E-state index is 0.231. The van der Waals surface area contributed by atoms with Crippen LogP contribution >= 0.6 is 11.6 Å². The first-order valence-electron chi connectivity index (χ1n) is 6.13. The number of nitrogen functional groups attached to an aromatic ring is 1. The molecule has 1 heterocycles. The van der Waals surface area contributed by atoms with E-state index in [1.54, 1.807) is 18.2 Å². The number of nitrogens with two attached hydrogens (primary N) is 1. The van der Waals surface area contributed by atoms with Crippen molar-refractivity contribution in [2.75, 3.05) is 18.9 Å². The van der Waals surface area contributed by atoms with Crippen LogP contribution in [0.15, 0.2) is 42.5 Å². The van der Waals surface area contributed by atoms with Crippen LogP contribution in [0.25, 0.3) is 0 Å². The molecule has 2 aromatic carbocycles. The van der Waals surface area contributed by atoms with Crippen molar-refractivity contribution in [3.05, 3.63) is 53.1 Å². The Morgan fingerprint density at radius 3 is 3.00 bits per heavy atom. The summed E-state index contributed by atoms with van der Waals surface area (Å²) in [6, 6.07) is 13.2. The zero-order chi connectivity index (χ0) is 13.2. The van der Waals surface area contributed by atoms with Crippen LogP contribution in [0.4, 0.5) is 5.69 Å². The molecule has 1 aliphatic heterocycles. The first-order chi connectivity index (χ1) is 9.24. The fourth-order valence-electron chi connectivity index (χ4n) is 2.19. The molecule has 0 bridgehead atoms. The Kier molecular flexibility index (Phi) is 3.22. The highest BCUT2D eigenvalue weighted by Gasteiger charge is 2.24. The third-order valence-electron chi connectivity index (χ3n) is 3.21. The van der Waals surface area contributed by atoms with Gasteiger partial charge in [-0.2, -0.15) is 0 Å². The van der Waals surface area contributed by atoms with Gasteiger partial charge in [-0.3, -0.25) is 0 Å². The third kappa shape index (κ3) is 2.47. The molecule has 1 unspecified atom stereocenters. The minimum Gasteiger partial charge on any atom is -0.493 e. The molecule has 3 rings (SSSR count). The molecule has 3 nitrogen and oxygen atoms in total. The molecule has 98 valence electrons. The zero-order valence-corrected chi connectivity index (χ0v) is 11.1. The van der Waals surface area contributed by atoms with Gasteiger partial charge in [-0.15, -0.1) is 0 Å². The summed E-state index contributed by atoms with van der Waals surface area (Å²) in [5, 5.41) is 0.618. The van der Waals surface area contributed by atoms with Crippen LogP contribution in [0, 0.1) is 0 Å². The second kappa shape index (κ2) is 5.02. The molecule has 0 aromatic heterocycles. The minimum atomic E-state index is 0.231. The highest BCUT2D eigenvalue weighted by molar-refractivity contribution is 6.30. The number of anilines is 1. The number of fused-ring (bicyclic) bond motifs is 1. The lowest BCUT2D eigenvalue weighted by Gasteiger charge is -2.13. The first-order valence-corrected chi connectivity index (χ1v) is 6.51. The lowest BCUT2D eigenvalue weighted by molar-refractivity contribution is 0.249. The quantitative estimate of drug-likeness (QED) is 0.872. The van der Waals surface area contributed by atoms with Gasteiger partial charge >= 0.3 is 0 Å². The molecule has 19 heavy (non-hydrogen) atoms. The van der Waals surface area contributed by atoms with Gasteiger partial charge < -0.3 is 15.2 Å². The topological polar surface area (TPSA) is 44.5 Å². The fourth-order valence-corrected chi connectivity index (χ4v) is 2.35. The van der Waals surface area contributed by atoms with Crippen molar-refractivity contribution >= 4 is 17.3 Å². The lowest BCUT2D eigenvalue weighted by Crippen LogP contribution is -2.12. The van der Waals surface area contributed by atoms with Crippen LogP contribution in [0.1, 0.15) is 11.5 Å². The summed E-state index contributed by atoms with van der Waals surface area (Å²) in [7, 11) is 0. The summed E-state index contributed by atoms with van der Waals surface area (Å²) < 4.78 is 11.4. The van der Waals surface area contributed by atoms with Gasteiger partial charge in [0.1, 0.15) is 11.5 Å². The van der Waals surface area contributed by atoms with E-state index in [0.29, 0.717) is 29.7 Å². The summed E-state index contributed by atoms with van der Waals surface area (Å²) in [5.41, 5.74) is 7.63. The SMILES string of the molecule is Nc1ccc(Cl)cc1OCC1COc2ccccc21. The maximum atomic E-state index is 5.93. The van der Waals surface area contributed by atoms with Gasteiger partial charge in [-0.25, -0.2) is 0 Å². The monoisotopic (exact) mass is 275 g/mol. The van der Waals surface area contributed by atoms with Crippen LogP contribution in [-0.2, 0) is 0 Å². The zero-order valence-electron chi connectivity index (χ0n) is 10.3. The van der Waals surface area contributed by atoms with Gasteiger partial charge in [0.25, 0.3) is 0 Å². The molecule has 0 aliphatic carbocycles. The standard InChI is InChI=1S/C15H14ClNO2/c16-11-5-6-13(17)15(7-11)19-9-10-8-18-14-4-2-1-3-12(10)14/h1-7,10H,8-9,17H2. The van der Waals surface area contributed by atoms with Crippen LogP contribution in [0.5, 0.6) is 11.5 Å². The van der Waals surface area contributed by atoms with Gasteiger partial charge in [0.05, 0.1) is 24.8 Å². The van der Waals surface area contributed by atoms with Crippen molar-refractivity contribution in [3.8, 4) is 11.5 Å². The van der Waals surface area contributed by atoms with E-state index in [1.807, 2.05) is 18.2 Å². The van der Waals surface area contributed by atoms with Crippen LogP contribution in [0.3, 0.4) is 0 Å². The molecule has 2 aromatic rings.